The van der Waals surface area contributed by atoms with Gasteiger partial charge < -0.3 is 9.80 Å². The highest BCUT2D eigenvalue weighted by atomic mass is 16.2. The van der Waals surface area contributed by atoms with Crippen LogP contribution in [-0.2, 0) is 0 Å². The van der Waals surface area contributed by atoms with E-state index in [4.69, 9.17) is 0 Å². The summed E-state index contributed by atoms with van der Waals surface area (Å²) in [6, 6.07) is 4.34. The minimum Gasteiger partial charge on any atom is -0.337 e. The molecule has 1 amide bonds. The van der Waals surface area contributed by atoms with E-state index in [0.717, 1.165) is 12.0 Å². The third-order valence-electron chi connectivity index (χ3n) is 4.10. The highest BCUT2D eigenvalue weighted by Gasteiger charge is 2.32. The highest BCUT2D eigenvalue weighted by molar-refractivity contribution is 5.94. The first kappa shape index (κ1) is 14.0. The van der Waals surface area contributed by atoms with Gasteiger partial charge in [-0.1, -0.05) is 12.8 Å². The van der Waals surface area contributed by atoms with E-state index >= 15 is 0 Å². The molecule has 1 saturated carbocycles. The van der Waals surface area contributed by atoms with Crippen LogP contribution in [0, 0.1) is 0 Å². The van der Waals surface area contributed by atoms with Gasteiger partial charge in [0.2, 0.25) is 0 Å². The highest BCUT2D eigenvalue weighted by Crippen LogP contribution is 2.26. The Kier molecular flexibility index (Phi) is 4.53. The quantitative estimate of drug-likeness (QED) is 0.835. The molecule has 1 aliphatic carbocycles. The molecule has 0 spiro atoms. The second kappa shape index (κ2) is 6.15. The van der Waals surface area contributed by atoms with Gasteiger partial charge in [0.1, 0.15) is 0 Å². The number of hydrogen-bond acceptors (Lipinski definition) is 3. The fraction of sp³-hybridized carbons (Fsp3) is 0.600. The number of aromatic nitrogens is 1. The molecule has 104 valence electrons. The molecular formula is C15H23N3O. The molecule has 0 bridgehead atoms. The van der Waals surface area contributed by atoms with Crippen LogP contribution in [-0.4, -0.2) is 53.9 Å². The van der Waals surface area contributed by atoms with Crippen LogP contribution >= 0.6 is 0 Å². The summed E-state index contributed by atoms with van der Waals surface area (Å²) < 4.78 is 0. The molecule has 1 aliphatic rings. The number of amides is 1. The fourth-order valence-electron chi connectivity index (χ4n) is 2.99. The molecule has 2 atom stereocenters. The molecule has 1 aromatic heterocycles. The Hall–Kier alpha value is -1.42. The first-order chi connectivity index (χ1) is 9.11. The van der Waals surface area contributed by atoms with Crippen molar-refractivity contribution in [1.29, 1.82) is 0 Å². The zero-order valence-corrected chi connectivity index (χ0v) is 12.0. The standard InChI is InChI=1S/C15H23N3O/c1-17(2)13-6-4-5-7-14(13)18(3)15(19)12-8-10-16-11-9-12/h8-11,13-14H,4-7H2,1-3H3/t13-,14-/m1/s1. The molecule has 0 aromatic carbocycles. The van der Waals surface area contributed by atoms with Crippen LogP contribution in [0.5, 0.6) is 0 Å². The maximum Gasteiger partial charge on any atom is 0.254 e. The summed E-state index contributed by atoms with van der Waals surface area (Å²) >= 11 is 0. The Bertz CT molecular complexity index is 419. The van der Waals surface area contributed by atoms with E-state index in [1.165, 1.54) is 19.3 Å². The molecule has 0 radical (unpaired) electrons. The molecule has 0 unspecified atom stereocenters. The van der Waals surface area contributed by atoms with Crippen molar-refractivity contribution in [1.82, 2.24) is 14.8 Å². The van der Waals surface area contributed by atoms with Gasteiger partial charge in [0.05, 0.1) is 0 Å². The molecule has 0 aliphatic heterocycles. The lowest BCUT2D eigenvalue weighted by Gasteiger charge is -2.41. The first-order valence-electron chi connectivity index (χ1n) is 6.95. The van der Waals surface area contributed by atoms with Crippen LogP contribution in [0.15, 0.2) is 24.5 Å². The molecule has 4 heteroatoms. The lowest BCUT2D eigenvalue weighted by atomic mass is 9.88. The summed E-state index contributed by atoms with van der Waals surface area (Å²) in [5.41, 5.74) is 0.723. The van der Waals surface area contributed by atoms with Crippen molar-refractivity contribution >= 4 is 5.91 Å². The Morgan fingerprint density at radius 2 is 1.68 bits per heavy atom. The van der Waals surface area contributed by atoms with Gasteiger partial charge in [-0.05, 0) is 39.1 Å². The summed E-state index contributed by atoms with van der Waals surface area (Å²) in [6.45, 7) is 0. The number of likely N-dealkylation sites (N-methyl/N-ethyl adjacent to an activating group) is 2. The summed E-state index contributed by atoms with van der Waals surface area (Å²) in [7, 11) is 6.14. The molecule has 1 heterocycles. The average Bonchev–Trinajstić information content (AvgIpc) is 2.46. The maximum absolute atomic E-state index is 12.5. The number of hydrogen-bond donors (Lipinski definition) is 0. The minimum atomic E-state index is 0.0983. The summed E-state index contributed by atoms with van der Waals surface area (Å²) in [6.07, 6.45) is 8.08. The normalized spacial score (nSPS) is 23.4. The number of carbonyl (C=O) groups excluding carboxylic acids is 1. The van der Waals surface area contributed by atoms with E-state index in [0.29, 0.717) is 12.1 Å². The molecule has 0 saturated heterocycles. The van der Waals surface area contributed by atoms with Crippen molar-refractivity contribution in [3.8, 4) is 0 Å². The number of carbonyl (C=O) groups is 1. The van der Waals surface area contributed by atoms with Gasteiger partial charge in [-0.2, -0.15) is 0 Å². The smallest absolute Gasteiger partial charge is 0.254 e. The Morgan fingerprint density at radius 3 is 2.26 bits per heavy atom. The molecule has 1 aromatic rings. The summed E-state index contributed by atoms with van der Waals surface area (Å²) in [5, 5.41) is 0. The monoisotopic (exact) mass is 261 g/mol. The van der Waals surface area contributed by atoms with Crippen LogP contribution < -0.4 is 0 Å². The largest absolute Gasteiger partial charge is 0.337 e. The summed E-state index contributed by atoms with van der Waals surface area (Å²) in [4.78, 5) is 20.6. The predicted octanol–water partition coefficient (Wildman–Crippen LogP) is 2.03. The van der Waals surface area contributed by atoms with Crippen molar-refractivity contribution in [2.45, 2.75) is 37.8 Å². The second-order valence-corrected chi connectivity index (χ2v) is 5.53. The van der Waals surface area contributed by atoms with Gasteiger partial charge in [0, 0.05) is 37.1 Å². The van der Waals surface area contributed by atoms with Gasteiger partial charge in [-0.25, -0.2) is 0 Å². The van der Waals surface area contributed by atoms with Crippen LogP contribution in [0.1, 0.15) is 36.0 Å². The zero-order valence-electron chi connectivity index (χ0n) is 12.0. The van der Waals surface area contributed by atoms with E-state index in [2.05, 4.69) is 24.0 Å². The molecule has 0 N–H and O–H groups in total. The van der Waals surface area contributed by atoms with E-state index in [1.54, 1.807) is 24.5 Å². The molecular weight excluding hydrogens is 238 g/mol. The second-order valence-electron chi connectivity index (χ2n) is 5.53. The third kappa shape index (κ3) is 3.13. The van der Waals surface area contributed by atoms with E-state index in [1.807, 2.05) is 11.9 Å². The molecule has 1 fully saturated rings. The van der Waals surface area contributed by atoms with Gasteiger partial charge in [-0.15, -0.1) is 0 Å². The predicted molar refractivity (Wildman–Crippen MR) is 76.1 cm³/mol. The minimum absolute atomic E-state index is 0.0983. The lowest BCUT2D eigenvalue weighted by Crippen LogP contribution is -2.51. The first-order valence-corrected chi connectivity index (χ1v) is 6.95. The molecule has 2 rings (SSSR count). The van der Waals surface area contributed by atoms with Gasteiger partial charge in [-0.3, -0.25) is 9.78 Å². The van der Waals surface area contributed by atoms with Crippen molar-refractivity contribution in [3.05, 3.63) is 30.1 Å². The SMILES string of the molecule is CN(C)[C@@H]1CCCC[C@H]1N(C)C(=O)c1ccncc1. The van der Waals surface area contributed by atoms with Crippen molar-refractivity contribution in [2.75, 3.05) is 21.1 Å². The topological polar surface area (TPSA) is 36.4 Å². The number of pyridine rings is 1. The van der Waals surface area contributed by atoms with Gasteiger partial charge in [0.25, 0.3) is 5.91 Å². The van der Waals surface area contributed by atoms with Crippen LogP contribution in [0.4, 0.5) is 0 Å². The van der Waals surface area contributed by atoms with Crippen molar-refractivity contribution < 1.29 is 4.79 Å². The fourth-order valence-corrected chi connectivity index (χ4v) is 2.99. The van der Waals surface area contributed by atoms with Crippen LogP contribution in [0.3, 0.4) is 0 Å². The third-order valence-corrected chi connectivity index (χ3v) is 4.10. The van der Waals surface area contributed by atoms with Crippen LogP contribution in [0.2, 0.25) is 0 Å². The zero-order chi connectivity index (χ0) is 13.8. The van der Waals surface area contributed by atoms with E-state index < -0.39 is 0 Å². The number of nitrogens with zero attached hydrogens (tertiary/aromatic N) is 3. The lowest BCUT2D eigenvalue weighted by molar-refractivity contribution is 0.0544. The Morgan fingerprint density at radius 1 is 1.11 bits per heavy atom. The van der Waals surface area contributed by atoms with Crippen LogP contribution in [0.25, 0.3) is 0 Å². The summed E-state index contributed by atoms with van der Waals surface area (Å²) in [5.74, 6) is 0.0983. The Labute approximate surface area is 115 Å². The van der Waals surface area contributed by atoms with Gasteiger partial charge >= 0.3 is 0 Å². The Balaban J connectivity index is 2.13. The number of rotatable bonds is 3. The average molecular weight is 261 g/mol. The van der Waals surface area contributed by atoms with Crippen molar-refractivity contribution in [2.24, 2.45) is 0 Å². The molecule has 19 heavy (non-hydrogen) atoms. The maximum atomic E-state index is 12.5. The van der Waals surface area contributed by atoms with Crippen molar-refractivity contribution in [3.63, 3.8) is 0 Å². The van der Waals surface area contributed by atoms with Gasteiger partial charge in [0.15, 0.2) is 0 Å². The molecule has 4 nitrogen and oxygen atoms in total. The van der Waals surface area contributed by atoms with E-state index in [-0.39, 0.29) is 5.91 Å². The van der Waals surface area contributed by atoms with E-state index in [9.17, 15) is 4.79 Å².